The van der Waals surface area contributed by atoms with Crippen LogP contribution in [0.1, 0.15) is 30.3 Å². The molecule has 4 rings (SSSR count). The molecule has 10 nitrogen and oxygen atoms in total. The summed E-state index contributed by atoms with van der Waals surface area (Å²) in [4.78, 5) is 41.5. The molecule has 3 aromatic carbocycles. The number of aromatic nitrogens is 2. The number of hydrogen-bond acceptors (Lipinski definition) is 7. The van der Waals surface area contributed by atoms with Gasteiger partial charge in [-0.25, -0.2) is 4.98 Å². The molecule has 12 heteroatoms. The Labute approximate surface area is 236 Å². The minimum absolute atomic E-state index is 0.0568. The largest absolute Gasteiger partial charge is 0.476 e. The number of ether oxygens (including phenoxy) is 1. The monoisotopic (exact) mass is 611 g/mol. The summed E-state index contributed by atoms with van der Waals surface area (Å²) in [5.74, 6) is -0.310. The fourth-order valence-corrected chi connectivity index (χ4v) is 4.36. The van der Waals surface area contributed by atoms with Gasteiger partial charge in [0, 0.05) is 33.2 Å². The average molecular weight is 613 g/mol. The van der Waals surface area contributed by atoms with Crippen molar-refractivity contribution in [3.05, 3.63) is 102 Å². The second-order valence-corrected chi connectivity index (χ2v) is 9.96. The standard InChI is InChI=1S/C27H23BrClN5O5/c1-3-4-24-32-22-10-7-18(28)12-21(22)27(36)33(24)30-14-17-11-19(29)13-23(34(37)38)26(17)39-15-25(35)31-20-8-5-16(2)6-9-20/h5-14H,3-4,15H2,1-2H3,(H,31,35). The van der Waals surface area contributed by atoms with Gasteiger partial charge in [0.15, 0.2) is 6.61 Å². The van der Waals surface area contributed by atoms with Crippen LogP contribution in [0, 0.1) is 17.0 Å². The molecule has 1 heterocycles. The molecular weight excluding hydrogens is 590 g/mol. The van der Waals surface area contributed by atoms with Crippen LogP contribution in [-0.2, 0) is 11.2 Å². The Morgan fingerprint density at radius 1 is 1.23 bits per heavy atom. The van der Waals surface area contributed by atoms with E-state index in [-0.39, 0.29) is 16.3 Å². The first-order chi connectivity index (χ1) is 18.7. The molecule has 0 atom stereocenters. The molecule has 1 N–H and O–H groups in total. The van der Waals surface area contributed by atoms with Crippen molar-refractivity contribution in [1.29, 1.82) is 0 Å². The van der Waals surface area contributed by atoms with Crippen molar-refractivity contribution in [2.75, 3.05) is 11.9 Å². The van der Waals surface area contributed by atoms with Gasteiger partial charge in [-0.05, 0) is 49.7 Å². The number of carbonyl (C=O) groups excluding carboxylic acids is 1. The summed E-state index contributed by atoms with van der Waals surface area (Å²) in [7, 11) is 0. The van der Waals surface area contributed by atoms with Gasteiger partial charge in [-0.15, -0.1) is 0 Å². The number of nitrogens with one attached hydrogen (secondary N) is 1. The predicted octanol–water partition coefficient (Wildman–Crippen LogP) is 5.88. The first-order valence-electron chi connectivity index (χ1n) is 11.9. The maximum Gasteiger partial charge on any atom is 0.313 e. The molecule has 0 saturated carbocycles. The van der Waals surface area contributed by atoms with Crippen LogP contribution in [0.2, 0.25) is 5.02 Å². The van der Waals surface area contributed by atoms with Crippen molar-refractivity contribution >= 4 is 61.9 Å². The van der Waals surface area contributed by atoms with Crippen LogP contribution in [0.15, 0.2) is 69.0 Å². The first kappa shape index (κ1) is 27.9. The number of nitrogens with zero attached hydrogens (tertiary/aromatic N) is 4. The summed E-state index contributed by atoms with van der Waals surface area (Å²) in [6, 6.07) is 14.8. The molecule has 0 unspecified atom stereocenters. The lowest BCUT2D eigenvalue weighted by atomic mass is 10.2. The second kappa shape index (κ2) is 12.2. The summed E-state index contributed by atoms with van der Waals surface area (Å²) in [6.45, 7) is 3.35. The second-order valence-electron chi connectivity index (χ2n) is 8.60. The molecule has 4 aromatic rings. The number of rotatable bonds is 9. The van der Waals surface area contributed by atoms with Crippen molar-refractivity contribution < 1.29 is 14.5 Å². The topological polar surface area (TPSA) is 129 Å². The summed E-state index contributed by atoms with van der Waals surface area (Å²) >= 11 is 9.52. The average Bonchev–Trinajstić information content (AvgIpc) is 2.89. The number of hydrogen-bond donors (Lipinski definition) is 1. The van der Waals surface area contributed by atoms with E-state index in [2.05, 4.69) is 31.3 Å². The molecule has 0 bridgehead atoms. The van der Waals surface area contributed by atoms with Crippen LogP contribution in [0.3, 0.4) is 0 Å². The van der Waals surface area contributed by atoms with Crippen LogP contribution in [0.25, 0.3) is 10.9 Å². The van der Waals surface area contributed by atoms with Crippen LogP contribution < -0.4 is 15.6 Å². The van der Waals surface area contributed by atoms with E-state index >= 15 is 0 Å². The number of carbonyl (C=O) groups is 1. The number of fused-ring (bicyclic) bond motifs is 1. The van der Waals surface area contributed by atoms with Crippen LogP contribution in [0.5, 0.6) is 5.75 Å². The summed E-state index contributed by atoms with van der Waals surface area (Å²) < 4.78 is 7.47. The van der Waals surface area contributed by atoms with E-state index in [1.807, 2.05) is 26.0 Å². The van der Waals surface area contributed by atoms with Gasteiger partial charge in [-0.1, -0.05) is 52.2 Å². The smallest absolute Gasteiger partial charge is 0.313 e. The zero-order chi connectivity index (χ0) is 28.1. The molecule has 0 saturated heterocycles. The van der Waals surface area contributed by atoms with E-state index in [1.54, 1.807) is 30.3 Å². The Balaban J connectivity index is 1.71. The lowest BCUT2D eigenvalue weighted by molar-refractivity contribution is -0.385. The Kier molecular flexibility index (Phi) is 8.72. The highest BCUT2D eigenvalue weighted by Gasteiger charge is 2.22. The van der Waals surface area contributed by atoms with Crippen molar-refractivity contribution in [2.24, 2.45) is 5.10 Å². The number of amides is 1. The predicted molar refractivity (Wildman–Crippen MR) is 154 cm³/mol. The number of halogens is 2. The van der Waals surface area contributed by atoms with E-state index in [4.69, 9.17) is 16.3 Å². The van der Waals surface area contributed by atoms with E-state index in [9.17, 15) is 19.7 Å². The zero-order valence-electron chi connectivity index (χ0n) is 21.0. The highest BCUT2D eigenvalue weighted by molar-refractivity contribution is 9.10. The minimum atomic E-state index is -0.666. The molecule has 0 fully saturated rings. The number of anilines is 1. The normalized spacial score (nSPS) is 11.2. The van der Waals surface area contributed by atoms with Gasteiger partial charge in [0.25, 0.3) is 11.5 Å². The van der Waals surface area contributed by atoms with Gasteiger partial charge in [0.2, 0.25) is 5.75 Å². The Morgan fingerprint density at radius 2 is 1.97 bits per heavy atom. The zero-order valence-corrected chi connectivity index (χ0v) is 23.3. The third-order valence-corrected chi connectivity index (χ3v) is 6.32. The summed E-state index contributed by atoms with van der Waals surface area (Å²) in [5, 5.41) is 19.2. The first-order valence-corrected chi connectivity index (χ1v) is 13.1. The third-order valence-electron chi connectivity index (χ3n) is 5.60. The molecule has 0 spiro atoms. The van der Waals surface area contributed by atoms with Gasteiger partial charge in [0.05, 0.1) is 22.0 Å². The van der Waals surface area contributed by atoms with Gasteiger partial charge in [-0.2, -0.15) is 9.78 Å². The highest BCUT2D eigenvalue weighted by Crippen LogP contribution is 2.34. The van der Waals surface area contributed by atoms with Gasteiger partial charge < -0.3 is 10.1 Å². The minimum Gasteiger partial charge on any atom is -0.476 e. The Morgan fingerprint density at radius 3 is 2.67 bits per heavy atom. The number of nitro groups is 1. The maximum atomic E-state index is 13.3. The SMILES string of the molecule is CCCc1nc2ccc(Br)cc2c(=O)n1N=Cc1cc(Cl)cc([N+](=O)[O-])c1OCC(=O)Nc1ccc(C)cc1. The highest BCUT2D eigenvalue weighted by atomic mass is 79.9. The Hall–Kier alpha value is -4.09. The number of aryl methyl sites for hydroxylation is 2. The van der Waals surface area contributed by atoms with Crippen LogP contribution in [-0.4, -0.2) is 33.3 Å². The van der Waals surface area contributed by atoms with Gasteiger partial charge >= 0.3 is 5.69 Å². The molecule has 0 radical (unpaired) electrons. The number of benzene rings is 3. The van der Waals surface area contributed by atoms with Crippen LogP contribution in [0.4, 0.5) is 11.4 Å². The summed E-state index contributed by atoms with van der Waals surface area (Å²) in [5.41, 5.74) is 1.37. The van der Waals surface area contributed by atoms with Crippen molar-refractivity contribution in [2.45, 2.75) is 26.7 Å². The number of nitro benzene ring substituents is 1. The lowest BCUT2D eigenvalue weighted by Gasteiger charge is -2.12. The lowest BCUT2D eigenvalue weighted by Crippen LogP contribution is -2.23. The fraction of sp³-hybridized carbons (Fsp3) is 0.185. The van der Waals surface area contributed by atoms with Gasteiger partial charge in [0.1, 0.15) is 5.82 Å². The van der Waals surface area contributed by atoms with E-state index in [0.717, 1.165) is 16.3 Å². The van der Waals surface area contributed by atoms with Crippen molar-refractivity contribution in [3.8, 4) is 5.75 Å². The van der Waals surface area contributed by atoms with E-state index in [1.165, 1.54) is 12.3 Å². The molecular formula is C27H23BrClN5O5. The third kappa shape index (κ3) is 6.68. The quantitative estimate of drug-likeness (QED) is 0.143. The molecule has 0 aliphatic heterocycles. The van der Waals surface area contributed by atoms with Crippen molar-refractivity contribution in [1.82, 2.24) is 9.66 Å². The molecule has 39 heavy (non-hydrogen) atoms. The molecule has 0 aliphatic carbocycles. The molecule has 0 aliphatic rings. The molecule has 1 amide bonds. The Bertz CT molecular complexity index is 1650. The summed E-state index contributed by atoms with van der Waals surface area (Å²) in [6.07, 6.45) is 2.41. The van der Waals surface area contributed by atoms with E-state index in [0.29, 0.717) is 39.7 Å². The van der Waals surface area contributed by atoms with E-state index < -0.39 is 28.7 Å². The molecule has 200 valence electrons. The van der Waals surface area contributed by atoms with Gasteiger partial charge in [-0.3, -0.25) is 19.7 Å². The fourth-order valence-electron chi connectivity index (χ4n) is 3.78. The maximum absolute atomic E-state index is 13.3. The van der Waals surface area contributed by atoms with Crippen LogP contribution >= 0.6 is 27.5 Å². The molecule has 1 aromatic heterocycles. The van der Waals surface area contributed by atoms with Crippen molar-refractivity contribution in [3.63, 3.8) is 0 Å².